The van der Waals surface area contributed by atoms with E-state index in [4.69, 9.17) is 0 Å². The lowest BCUT2D eigenvalue weighted by molar-refractivity contribution is -0.135. The number of likely N-dealkylation sites (tertiary alicyclic amines) is 1. The van der Waals surface area contributed by atoms with Crippen LogP contribution in [0.4, 0.5) is 0 Å². The Labute approximate surface area is 105 Å². The average molecular weight is 238 g/mol. The van der Waals surface area contributed by atoms with Crippen molar-refractivity contribution < 1.29 is 4.79 Å². The van der Waals surface area contributed by atoms with Gasteiger partial charge in [0.1, 0.15) is 0 Å². The van der Waals surface area contributed by atoms with E-state index in [1.165, 1.54) is 19.3 Å². The Morgan fingerprint density at radius 2 is 2.12 bits per heavy atom. The predicted molar refractivity (Wildman–Crippen MR) is 69.8 cm³/mol. The molecule has 1 amide bonds. The molecule has 0 bridgehead atoms. The van der Waals surface area contributed by atoms with E-state index in [1.807, 2.05) is 0 Å². The van der Waals surface area contributed by atoms with E-state index in [2.05, 4.69) is 24.1 Å². The molecule has 0 aliphatic carbocycles. The molecule has 1 N–H and O–H groups in total. The van der Waals surface area contributed by atoms with Crippen molar-refractivity contribution in [1.82, 2.24) is 10.2 Å². The van der Waals surface area contributed by atoms with Crippen molar-refractivity contribution >= 4 is 5.91 Å². The summed E-state index contributed by atoms with van der Waals surface area (Å²) in [6.07, 6.45) is 5.53. The van der Waals surface area contributed by atoms with Gasteiger partial charge < -0.3 is 10.2 Å². The lowest BCUT2D eigenvalue weighted by Crippen LogP contribution is -2.45. The summed E-state index contributed by atoms with van der Waals surface area (Å²) in [6, 6.07) is 0.459. The second-order valence-corrected chi connectivity index (χ2v) is 5.98. The van der Waals surface area contributed by atoms with Crippen LogP contribution in [0.2, 0.25) is 0 Å². The number of piperidine rings is 1. The first kappa shape index (κ1) is 12.9. The van der Waals surface area contributed by atoms with E-state index in [0.717, 1.165) is 38.4 Å². The lowest BCUT2D eigenvalue weighted by Gasteiger charge is -2.37. The average Bonchev–Trinajstić information content (AvgIpc) is 2.82. The first-order valence-corrected chi connectivity index (χ1v) is 7.17. The summed E-state index contributed by atoms with van der Waals surface area (Å²) >= 11 is 0. The van der Waals surface area contributed by atoms with Gasteiger partial charge in [-0.3, -0.25) is 4.79 Å². The third-order valence-corrected chi connectivity index (χ3v) is 4.37. The maximum atomic E-state index is 12.2. The fourth-order valence-electron chi connectivity index (χ4n) is 3.07. The van der Waals surface area contributed by atoms with Gasteiger partial charge in [-0.2, -0.15) is 0 Å². The zero-order valence-corrected chi connectivity index (χ0v) is 11.2. The standard InChI is InChI=1S/C14H26N2O/c1-11-3-4-12(2)16(10-11)14(17)6-5-13-7-8-15-9-13/h11-13,15H,3-10H2,1-2H3. The van der Waals surface area contributed by atoms with Gasteiger partial charge in [0.15, 0.2) is 0 Å². The lowest BCUT2D eigenvalue weighted by atomic mass is 9.94. The maximum absolute atomic E-state index is 12.2. The van der Waals surface area contributed by atoms with Crippen molar-refractivity contribution in [3.05, 3.63) is 0 Å². The van der Waals surface area contributed by atoms with Crippen molar-refractivity contribution in [3.8, 4) is 0 Å². The van der Waals surface area contributed by atoms with Crippen molar-refractivity contribution in [2.75, 3.05) is 19.6 Å². The molecule has 98 valence electrons. The minimum Gasteiger partial charge on any atom is -0.340 e. The highest BCUT2D eigenvalue weighted by molar-refractivity contribution is 5.76. The summed E-state index contributed by atoms with van der Waals surface area (Å²) in [5, 5.41) is 3.37. The van der Waals surface area contributed by atoms with E-state index in [9.17, 15) is 4.79 Å². The number of carbonyl (C=O) groups excluding carboxylic acids is 1. The minimum absolute atomic E-state index is 0.385. The molecular formula is C14H26N2O. The number of carbonyl (C=O) groups is 1. The van der Waals surface area contributed by atoms with Gasteiger partial charge in [-0.25, -0.2) is 0 Å². The van der Waals surface area contributed by atoms with Gasteiger partial charge in [0.25, 0.3) is 0 Å². The van der Waals surface area contributed by atoms with Gasteiger partial charge in [-0.05, 0) is 57.5 Å². The summed E-state index contributed by atoms with van der Waals surface area (Å²) in [4.78, 5) is 14.3. The van der Waals surface area contributed by atoms with Crippen molar-refractivity contribution in [1.29, 1.82) is 0 Å². The summed E-state index contributed by atoms with van der Waals surface area (Å²) < 4.78 is 0. The molecule has 0 aromatic carbocycles. The van der Waals surface area contributed by atoms with Crippen LogP contribution in [0.25, 0.3) is 0 Å². The molecule has 2 saturated heterocycles. The molecule has 2 rings (SSSR count). The van der Waals surface area contributed by atoms with Gasteiger partial charge in [0, 0.05) is 19.0 Å². The molecule has 2 aliphatic heterocycles. The summed E-state index contributed by atoms with van der Waals surface area (Å²) in [5.74, 6) is 1.80. The third-order valence-electron chi connectivity index (χ3n) is 4.37. The van der Waals surface area contributed by atoms with Crippen LogP contribution >= 0.6 is 0 Å². The maximum Gasteiger partial charge on any atom is 0.222 e. The quantitative estimate of drug-likeness (QED) is 0.816. The zero-order valence-electron chi connectivity index (χ0n) is 11.2. The Bertz CT molecular complexity index is 261. The molecular weight excluding hydrogens is 212 g/mol. The molecule has 3 unspecified atom stereocenters. The molecule has 0 aromatic rings. The van der Waals surface area contributed by atoms with Crippen LogP contribution in [-0.4, -0.2) is 36.5 Å². The van der Waals surface area contributed by atoms with Crippen molar-refractivity contribution in [3.63, 3.8) is 0 Å². The van der Waals surface area contributed by atoms with Gasteiger partial charge in [0.05, 0.1) is 0 Å². The topological polar surface area (TPSA) is 32.3 Å². The fraction of sp³-hybridized carbons (Fsp3) is 0.929. The summed E-state index contributed by atoms with van der Waals surface area (Å²) in [5.41, 5.74) is 0. The summed E-state index contributed by atoms with van der Waals surface area (Å²) in [6.45, 7) is 7.67. The molecule has 17 heavy (non-hydrogen) atoms. The molecule has 3 atom stereocenters. The Morgan fingerprint density at radius 1 is 1.29 bits per heavy atom. The van der Waals surface area contributed by atoms with Gasteiger partial charge in [-0.1, -0.05) is 6.92 Å². The van der Waals surface area contributed by atoms with Gasteiger partial charge in [0.2, 0.25) is 5.91 Å². The molecule has 0 aromatic heterocycles. The van der Waals surface area contributed by atoms with Crippen LogP contribution in [0.1, 0.15) is 46.0 Å². The smallest absolute Gasteiger partial charge is 0.222 e. The molecule has 2 aliphatic rings. The predicted octanol–water partition coefficient (Wildman–Crippen LogP) is 2.02. The third kappa shape index (κ3) is 3.44. The van der Waals surface area contributed by atoms with E-state index >= 15 is 0 Å². The molecule has 2 fully saturated rings. The number of hydrogen-bond donors (Lipinski definition) is 1. The molecule has 3 heteroatoms. The van der Waals surface area contributed by atoms with E-state index in [1.54, 1.807) is 0 Å². The van der Waals surface area contributed by atoms with Crippen LogP contribution in [0.5, 0.6) is 0 Å². The Morgan fingerprint density at radius 3 is 2.82 bits per heavy atom. The van der Waals surface area contributed by atoms with E-state index in [0.29, 0.717) is 17.9 Å². The highest BCUT2D eigenvalue weighted by atomic mass is 16.2. The van der Waals surface area contributed by atoms with Crippen molar-refractivity contribution in [2.24, 2.45) is 11.8 Å². The Balaban J connectivity index is 1.77. The molecule has 0 spiro atoms. The molecule has 0 saturated carbocycles. The van der Waals surface area contributed by atoms with Crippen LogP contribution in [0.3, 0.4) is 0 Å². The minimum atomic E-state index is 0.385. The second kappa shape index (κ2) is 5.85. The normalized spacial score (nSPS) is 34.0. The first-order valence-electron chi connectivity index (χ1n) is 7.17. The zero-order chi connectivity index (χ0) is 12.3. The number of nitrogens with zero attached hydrogens (tertiary/aromatic N) is 1. The first-order chi connectivity index (χ1) is 8.16. The van der Waals surface area contributed by atoms with Crippen molar-refractivity contribution in [2.45, 2.75) is 52.0 Å². The number of nitrogens with one attached hydrogen (secondary N) is 1. The van der Waals surface area contributed by atoms with Crippen LogP contribution in [-0.2, 0) is 4.79 Å². The second-order valence-electron chi connectivity index (χ2n) is 5.98. The number of hydrogen-bond acceptors (Lipinski definition) is 2. The largest absolute Gasteiger partial charge is 0.340 e. The van der Waals surface area contributed by atoms with Crippen LogP contribution < -0.4 is 5.32 Å². The van der Waals surface area contributed by atoms with E-state index in [-0.39, 0.29) is 0 Å². The van der Waals surface area contributed by atoms with Crippen LogP contribution in [0.15, 0.2) is 0 Å². The highest BCUT2D eigenvalue weighted by Gasteiger charge is 2.27. The number of rotatable bonds is 3. The Hall–Kier alpha value is -0.570. The van der Waals surface area contributed by atoms with Gasteiger partial charge in [-0.15, -0.1) is 0 Å². The Kier molecular flexibility index (Phi) is 4.43. The number of amides is 1. The highest BCUT2D eigenvalue weighted by Crippen LogP contribution is 2.23. The van der Waals surface area contributed by atoms with Gasteiger partial charge >= 0.3 is 0 Å². The molecule has 2 heterocycles. The molecule has 0 radical (unpaired) electrons. The molecule has 3 nitrogen and oxygen atoms in total. The fourth-order valence-corrected chi connectivity index (χ4v) is 3.07. The summed E-state index contributed by atoms with van der Waals surface area (Å²) in [7, 11) is 0. The SMILES string of the molecule is CC1CCC(C)N(C(=O)CCC2CCNC2)C1. The van der Waals surface area contributed by atoms with Crippen LogP contribution in [0, 0.1) is 11.8 Å². The van der Waals surface area contributed by atoms with E-state index < -0.39 is 0 Å². The monoisotopic (exact) mass is 238 g/mol.